The summed E-state index contributed by atoms with van der Waals surface area (Å²) in [5.74, 6) is -0.470. The van der Waals surface area contributed by atoms with Crippen LogP contribution in [0.4, 0.5) is 5.69 Å². The molecular formula is C11H12ClNO3. The molecule has 5 heteroatoms. The Labute approximate surface area is 98.5 Å². The Balaban J connectivity index is 3.03. The Morgan fingerprint density at radius 1 is 1.44 bits per heavy atom. The predicted molar refractivity (Wildman–Crippen MR) is 61.7 cm³/mol. The highest BCUT2D eigenvalue weighted by Crippen LogP contribution is 2.33. The number of anilines is 1. The van der Waals surface area contributed by atoms with E-state index in [-0.39, 0.29) is 23.1 Å². The van der Waals surface area contributed by atoms with Crippen LogP contribution in [0.5, 0.6) is 5.75 Å². The van der Waals surface area contributed by atoms with Gasteiger partial charge in [0.1, 0.15) is 0 Å². The molecule has 0 spiro atoms. The second-order valence-electron chi connectivity index (χ2n) is 3.13. The van der Waals surface area contributed by atoms with E-state index in [1.165, 1.54) is 6.92 Å². The van der Waals surface area contributed by atoms with Gasteiger partial charge in [-0.3, -0.25) is 9.59 Å². The molecule has 1 rings (SSSR count). The van der Waals surface area contributed by atoms with E-state index in [0.29, 0.717) is 5.69 Å². The average Bonchev–Trinajstić information content (AvgIpc) is 2.22. The third-order valence-corrected chi connectivity index (χ3v) is 2.08. The van der Waals surface area contributed by atoms with Crippen LogP contribution in [0.3, 0.4) is 0 Å². The molecule has 0 unspecified atom stereocenters. The van der Waals surface area contributed by atoms with Crippen LogP contribution in [0.1, 0.15) is 20.3 Å². The lowest BCUT2D eigenvalue weighted by molar-refractivity contribution is -0.134. The Bertz CT molecular complexity index is 418. The molecule has 1 aromatic carbocycles. The van der Waals surface area contributed by atoms with Crippen molar-refractivity contribution in [1.29, 1.82) is 0 Å². The summed E-state index contributed by atoms with van der Waals surface area (Å²) in [7, 11) is 0. The normalized spacial score (nSPS) is 9.69. The molecule has 86 valence electrons. The van der Waals surface area contributed by atoms with Crippen LogP contribution in [0, 0.1) is 0 Å². The standard InChI is InChI=1S/C11H12ClNO3/c1-3-10(15)16-11-8(12)5-4-6-9(11)13-7(2)14/h4-6H,3H2,1-2H3,(H,13,14). The van der Waals surface area contributed by atoms with Gasteiger partial charge in [-0.05, 0) is 12.1 Å². The van der Waals surface area contributed by atoms with Gasteiger partial charge < -0.3 is 10.1 Å². The first-order valence-corrected chi connectivity index (χ1v) is 5.19. The number of para-hydroxylation sites is 1. The van der Waals surface area contributed by atoms with Crippen LogP contribution in [0.15, 0.2) is 18.2 Å². The number of benzene rings is 1. The second kappa shape index (κ2) is 5.51. The molecule has 0 saturated carbocycles. The first-order chi connectivity index (χ1) is 7.54. The summed E-state index contributed by atoms with van der Waals surface area (Å²) in [6, 6.07) is 4.87. The molecule has 0 radical (unpaired) electrons. The van der Waals surface area contributed by atoms with Crippen molar-refractivity contribution in [2.75, 3.05) is 5.32 Å². The minimum atomic E-state index is -0.403. The highest BCUT2D eigenvalue weighted by atomic mass is 35.5. The van der Waals surface area contributed by atoms with E-state index < -0.39 is 5.97 Å². The summed E-state index contributed by atoms with van der Waals surface area (Å²) < 4.78 is 5.04. The Hall–Kier alpha value is -1.55. The maximum absolute atomic E-state index is 11.2. The number of hydrogen-bond acceptors (Lipinski definition) is 3. The van der Waals surface area contributed by atoms with Crippen molar-refractivity contribution in [1.82, 2.24) is 0 Å². The van der Waals surface area contributed by atoms with E-state index in [1.807, 2.05) is 0 Å². The van der Waals surface area contributed by atoms with Gasteiger partial charge in [0.25, 0.3) is 0 Å². The molecule has 0 aliphatic rings. The van der Waals surface area contributed by atoms with Crippen LogP contribution in [0.2, 0.25) is 5.02 Å². The van der Waals surface area contributed by atoms with Crippen molar-refractivity contribution in [2.24, 2.45) is 0 Å². The van der Waals surface area contributed by atoms with Crippen molar-refractivity contribution >= 4 is 29.2 Å². The number of amides is 1. The minimum absolute atomic E-state index is 0.186. The lowest BCUT2D eigenvalue weighted by atomic mass is 10.3. The van der Waals surface area contributed by atoms with E-state index in [2.05, 4.69) is 5.32 Å². The van der Waals surface area contributed by atoms with Gasteiger partial charge in [-0.2, -0.15) is 0 Å². The van der Waals surface area contributed by atoms with Gasteiger partial charge in [-0.1, -0.05) is 24.6 Å². The Kier molecular flexibility index (Phi) is 4.31. The maximum atomic E-state index is 11.2. The number of rotatable bonds is 3. The first-order valence-electron chi connectivity index (χ1n) is 4.81. The van der Waals surface area contributed by atoms with Crippen molar-refractivity contribution in [3.8, 4) is 5.75 Å². The molecule has 4 nitrogen and oxygen atoms in total. The van der Waals surface area contributed by atoms with Crippen molar-refractivity contribution in [3.63, 3.8) is 0 Å². The fourth-order valence-electron chi connectivity index (χ4n) is 1.09. The SMILES string of the molecule is CCC(=O)Oc1c(Cl)cccc1NC(C)=O. The summed E-state index contributed by atoms with van der Waals surface area (Å²) >= 11 is 5.89. The third-order valence-electron chi connectivity index (χ3n) is 1.78. The van der Waals surface area contributed by atoms with Gasteiger partial charge in [-0.15, -0.1) is 0 Å². The molecule has 0 heterocycles. The van der Waals surface area contributed by atoms with Gasteiger partial charge in [0.2, 0.25) is 5.91 Å². The maximum Gasteiger partial charge on any atom is 0.311 e. The predicted octanol–water partition coefficient (Wildman–Crippen LogP) is 2.61. The highest BCUT2D eigenvalue weighted by Gasteiger charge is 2.12. The largest absolute Gasteiger partial charge is 0.423 e. The lowest BCUT2D eigenvalue weighted by Gasteiger charge is -2.11. The van der Waals surface area contributed by atoms with E-state index in [4.69, 9.17) is 16.3 Å². The Morgan fingerprint density at radius 3 is 2.69 bits per heavy atom. The smallest absolute Gasteiger partial charge is 0.311 e. The zero-order chi connectivity index (χ0) is 12.1. The second-order valence-corrected chi connectivity index (χ2v) is 3.53. The fraction of sp³-hybridized carbons (Fsp3) is 0.273. The van der Waals surface area contributed by atoms with Gasteiger partial charge in [0.15, 0.2) is 5.75 Å². The van der Waals surface area contributed by atoms with Crippen LogP contribution in [-0.4, -0.2) is 11.9 Å². The lowest BCUT2D eigenvalue weighted by Crippen LogP contribution is -2.11. The van der Waals surface area contributed by atoms with Crippen LogP contribution < -0.4 is 10.1 Å². The van der Waals surface area contributed by atoms with Crippen LogP contribution >= 0.6 is 11.6 Å². The number of nitrogens with one attached hydrogen (secondary N) is 1. The van der Waals surface area contributed by atoms with E-state index in [0.717, 1.165) is 0 Å². The molecule has 1 amide bonds. The van der Waals surface area contributed by atoms with Crippen molar-refractivity contribution in [2.45, 2.75) is 20.3 Å². The number of carbonyl (C=O) groups excluding carboxylic acids is 2. The van der Waals surface area contributed by atoms with E-state index >= 15 is 0 Å². The molecule has 0 aromatic heterocycles. The summed E-state index contributed by atoms with van der Waals surface area (Å²) in [6.07, 6.45) is 0.241. The van der Waals surface area contributed by atoms with Crippen molar-refractivity contribution in [3.05, 3.63) is 23.2 Å². The van der Waals surface area contributed by atoms with Crippen LogP contribution in [0.25, 0.3) is 0 Å². The molecule has 0 aliphatic heterocycles. The summed E-state index contributed by atoms with van der Waals surface area (Å²) in [5.41, 5.74) is 0.391. The summed E-state index contributed by atoms with van der Waals surface area (Å²) in [5, 5.41) is 2.83. The van der Waals surface area contributed by atoms with E-state index in [9.17, 15) is 9.59 Å². The molecule has 1 N–H and O–H groups in total. The first kappa shape index (κ1) is 12.5. The van der Waals surface area contributed by atoms with E-state index in [1.54, 1.807) is 25.1 Å². The highest BCUT2D eigenvalue weighted by molar-refractivity contribution is 6.32. The number of esters is 1. The average molecular weight is 242 g/mol. The monoisotopic (exact) mass is 241 g/mol. The van der Waals surface area contributed by atoms with Crippen LogP contribution in [-0.2, 0) is 9.59 Å². The quantitative estimate of drug-likeness (QED) is 0.654. The molecule has 16 heavy (non-hydrogen) atoms. The topological polar surface area (TPSA) is 55.4 Å². The number of hydrogen-bond donors (Lipinski definition) is 1. The van der Waals surface area contributed by atoms with Crippen molar-refractivity contribution < 1.29 is 14.3 Å². The molecule has 0 atom stereocenters. The molecule has 0 fully saturated rings. The van der Waals surface area contributed by atoms with Gasteiger partial charge >= 0.3 is 5.97 Å². The molecule has 0 bridgehead atoms. The number of halogens is 1. The third kappa shape index (κ3) is 3.24. The van der Waals surface area contributed by atoms with Gasteiger partial charge in [0.05, 0.1) is 10.7 Å². The number of carbonyl (C=O) groups is 2. The molecular weight excluding hydrogens is 230 g/mol. The minimum Gasteiger partial charge on any atom is -0.423 e. The molecule has 1 aromatic rings. The summed E-state index contributed by atoms with van der Waals surface area (Å²) in [4.78, 5) is 22.1. The van der Waals surface area contributed by atoms with Gasteiger partial charge in [0, 0.05) is 13.3 Å². The summed E-state index contributed by atoms with van der Waals surface area (Å²) in [6.45, 7) is 3.05. The Morgan fingerprint density at radius 2 is 2.12 bits per heavy atom. The zero-order valence-electron chi connectivity index (χ0n) is 9.04. The van der Waals surface area contributed by atoms with Gasteiger partial charge in [-0.25, -0.2) is 0 Å². The fourth-order valence-corrected chi connectivity index (χ4v) is 1.30. The molecule has 0 aliphatic carbocycles. The molecule has 0 saturated heterocycles. The zero-order valence-corrected chi connectivity index (χ0v) is 9.80. The number of ether oxygens (including phenoxy) is 1.